The first-order valence-corrected chi connectivity index (χ1v) is 9.35. The zero-order chi connectivity index (χ0) is 18.3. The van der Waals surface area contributed by atoms with Gasteiger partial charge in [-0.3, -0.25) is 4.79 Å². The van der Waals surface area contributed by atoms with E-state index in [1.165, 1.54) is 19.2 Å². The van der Waals surface area contributed by atoms with Gasteiger partial charge in [0.05, 0.1) is 12.0 Å². The van der Waals surface area contributed by atoms with Gasteiger partial charge >= 0.3 is 0 Å². The van der Waals surface area contributed by atoms with E-state index in [4.69, 9.17) is 4.74 Å². The molecule has 0 fully saturated rings. The van der Waals surface area contributed by atoms with Crippen LogP contribution >= 0.6 is 0 Å². The van der Waals surface area contributed by atoms with Crippen LogP contribution < -0.4 is 14.8 Å². The van der Waals surface area contributed by atoms with Crippen molar-refractivity contribution < 1.29 is 17.9 Å². The minimum absolute atomic E-state index is 0.0358. The van der Waals surface area contributed by atoms with Crippen molar-refractivity contribution in [3.05, 3.63) is 59.7 Å². The Morgan fingerprint density at radius 1 is 1.04 bits per heavy atom. The summed E-state index contributed by atoms with van der Waals surface area (Å²) in [5, 5.41) is 2.77. The van der Waals surface area contributed by atoms with E-state index in [0.717, 1.165) is 11.1 Å². The summed E-state index contributed by atoms with van der Waals surface area (Å²) >= 11 is 0. The van der Waals surface area contributed by atoms with Crippen LogP contribution in [0.4, 0.5) is 0 Å². The number of carbonyl (C=O) groups is 1. The van der Waals surface area contributed by atoms with Crippen molar-refractivity contribution in [2.75, 3.05) is 13.7 Å². The molecule has 0 saturated carbocycles. The molecule has 2 rings (SSSR count). The van der Waals surface area contributed by atoms with E-state index in [1.54, 1.807) is 12.1 Å². The molecule has 7 heteroatoms. The summed E-state index contributed by atoms with van der Waals surface area (Å²) in [6.07, 6.45) is 0.0707. The molecule has 0 heterocycles. The molecular weight excluding hydrogens is 340 g/mol. The first-order valence-electron chi connectivity index (χ1n) is 7.87. The van der Waals surface area contributed by atoms with Crippen molar-refractivity contribution >= 4 is 15.9 Å². The Hall–Kier alpha value is -2.38. The third-order valence-corrected chi connectivity index (χ3v) is 5.10. The fourth-order valence-corrected chi connectivity index (χ4v) is 3.16. The summed E-state index contributed by atoms with van der Waals surface area (Å²) in [5.41, 5.74) is 2.15. The average Bonchev–Trinajstić information content (AvgIpc) is 2.61. The second-order valence-corrected chi connectivity index (χ2v) is 7.35. The lowest BCUT2D eigenvalue weighted by Crippen LogP contribution is -2.30. The number of methoxy groups -OCH3 is 1. The molecule has 0 bridgehead atoms. The van der Waals surface area contributed by atoms with Crippen LogP contribution in [0.1, 0.15) is 17.5 Å². The van der Waals surface area contributed by atoms with E-state index in [9.17, 15) is 13.2 Å². The third kappa shape index (κ3) is 5.88. The van der Waals surface area contributed by atoms with E-state index in [2.05, 4.69) is 10.0 Å². The van der Waals surface area contributed by atoms with Crippen LogP contribution in [0.5, 0.6) is 5.75 Å². The van der Waals surface area contributed by atoms with Gasteiger partial charge in [-0.1, -0.05) is 29.8 Å². The maximum absolute atomic E-state index is 12.1. The van der Waals surface area contributed by atoms with Gasteiger partial charge in [0.25, 0.3) is 0 Å². The van der Waals surface area contributed by atoms with E-state index in [0.29, 0.717) is 12.3 Å². The van der Waals surface area contributed by atoms with Crippen LogP contribution in [-0.2, 0) is 21.4 Å². The zero-order valence-corrected chi connectivity index (χ0v) is 15.1. The number of rotatable bonds is 8. The molecule has 0 aliphatic heterocycles. The highest BCUT2D eigenvalue weighted by atomic mass is 32.2. The number of amides is 1. The number of aryl methyl sites for hydroxylation is 1. The Bertz CT molecular complexity index is 800. The fourth-order valence-electron chi connectivity index (χ4n) is 2.13. The highest BCUT2D eigenvalue weighted by Gasteiger charge is 2.14. The van der Waals surface area contributed by atoms with Gasteiger partial charge in [-0.25, -0.2) is 13.1 Å². The third-order valence-electron chi connectivity index (χ3n) is 3.62. The standard InChI is InChI=1S/C18H22N2O4S/c1-14-3-5-15(6-4-14)13-19-18(21)11-12-20-25(22,23)17-9-7-16(24-2)8-10-17/h3-10,20H,11-13H2,1-2H3,(H,19,21). The van der Waals surface area contributed by atoms with Crippen molar-refractivity contribution in [1.82, 2.24) is 10.0 Å². The summed E-state index contributed by atoms with van der Waals surface area (Å²) in [7, 11) is -2.13. The molecule has 0 atom stereocenters. The summed E-state index contributed by atoms with van der Waals surface area (Å²) in [5.74, 6) is 0.368. The fraction of sp³-hybridized carbons (Fsp3) is 0.278. The van der Waals surface area contributed by atoms with Crippen LogP contribution in [-0.4, -0.2) is 28.0 Å². The first-order chi connectivity index (χ1) is 11.9. The topological polar surface area (TPSA) is 84.5 Å². The van der Waals surface area contributed by atoms with Gasteiger partial charge < -0.3 is 10.1 Å². The maximum atomic E-state index is 12.1. The second-order valence-electron chi connectivity index (χ2n) is 5.59. The Kier molecular flexibility index (Phi) is 6.55. The van der Waals surface area contributed by atoms with Gasteiger partial charge in [-0.05, 0) is 36.8 Å². The van der Waals surface area contributed by atoms with Gasteiger partial charge in [0.2, 0.25) is 15.9 Å². The lowest BCUT2D eigenvalue weighted by atomic mass is 10.1. The second kappa shape index (κ2) is 8.64. The molecule has 6 nitrogen and oxygen atoms in total. The summed E-state index contributed by atoms with van der Waals surface area (Å²) in [6.45, 7) is 2.45. The Morgan fingerprint density at radius 2 is 1.68 bits per heavy atom. The van der Waals surface area contributed by atoms with Crippen LogP contribution in [0.15, 0.2) is 53.4 Å². The number of hydrogen-bond donors (Lipinski definition) is 2. The van der Waals surface area contributed by atoms with Gasteiger partial charge in [0.15, 0.2) is 0 Å². The maximum Gasteiger partial charge on any atom is 0.240 e. The zero-order valence-electron chi connectivity index (χ0n) is 14.3. The first kappa shape index (κ1) is 19.0. The number of ether oxygens (including phenoxy) is 1. The number of nitrogens with one attached hydrogen (secondary N) is 2. The normalized spacial score (nSPS) is 11.1. The monoisotopic (exact) mass is 362 g/mol. The molecule has 25 heavy (non-hydrogen) atoms. The Morgan fingerprint density at radius 3 is 2.28 bits per heavy atom. The minimum Gasteiger partial charge on any atom is -0.497 e. The van der Waals surface area contributed by atoms with Crippen LogP contribution in [0.2, 0.25) is 0 Å². The van der Waals surface area contributed by atoms with Crippen molar-refractivity contribution in [3.8, 4) is 5.75 Å². The summed E-state index contributed by atoms with van der Waals surface area (Å²) in [6, 6.07) is 13.9. The van der Waals surface area contributed by atoms with Gasteiger partial charge in [-0.2, -0.15) is 0 Å². The molecule has 0 radical (unpaired) electrons. The number of carbonyl (C=O) groups excluding carboxylic acids is 1. The van der Waals surface area contributed by atoms with Crippen LogP contribution in [0.25, 0.3) is 0 Å². The van der Waals surface area contributed by atoms with Crippen molar-refractivity contribution in [3.63, 3.8) is 0 Å². The van der Waals surface area contributed by atoms with Crippen LogP contribution in [0, 0.1) is 6.92 Å². The molecule has 0 spiro atoms. The highest BCUT2D eigenvalue weighted by Crippen LogP contribution is 2.15. The minimum atomic E-state index is -3.64. The molecule has 0 unspecified atom stereocenters. The van der Waals surface area contributed by atoms with Crippen molar-refractivity contribution in [2.45, 2.75) is 24.8 Å². The predicted molar refractivity (Wildman–Crippen MR) is 95.8 cm³/mol. The molecule has 0 saturated heterocycles. The smallest absolute Gasteiger partial charge is 0.240 e. The van der Waals surface area contributed by atoms with Crippen molar-refractivity contribution in [1.29, 1.82) is 0 Å². The number of benzene rings is 2. The molecular formula is C18H22N2O4S. The SMILES string of the molecule is COc1ccc(S(=O)(=O)NCCC(=O)NCc2ccc(C)cc2)cc1. The number of sulfonamides is 1. The Labute approximate surface area is 148 Å². The van der Waals surface area contributed by atoms with Gasteiger partial charge in [-0.15, -0.1) is 0 Å². The van der Waals surface area contributed by atoms with E-state index in [1.807, 2.05) is 31.2 Å². The largest absolute Gasteiger partial charge is 0.497 e. The van der Waals surface area contributed by atoms with E-state index >= 15 is 0 Å². The quantitative estimate of drug-likeness (QED) is 0.752. The molecule has 134 valence electrons. The lowest BCUT2D eigenvalue weighted by molar-refractivity contribution is -0.121. The van der Waals surface area contributed by atoms with Gasteiger partial charge in [0, 0.05) is 19.5 Å². The predicted octanol–water partition coefficient (Wildman–Crippen LogP) is 1.99. The highest BCUT2D eigenvalue weighted by molar-refractivity contribution is 7.89. The molecule has 0 aliphatic carbocycles. The molecule has 1 amide bonds. The van der Waals surface area contributed by atoms with Gasteiger partial charge in [0.1, 0.15) is 5.75 Å². The lowest BCUT2D eigenvalue weighted by Gasteiger charge is -2.08. The molecule has 2 aromatic rings. The van der Waals surface area contributed by atoms with Crippen LogP contribution in [0.3, 0.4) is 0 Å². The summed E-state index contributed by atoms with van der Waals surface area (Å²) in [4.78, 5) is 12.0. The molecule has 2 N–H and O–H groups in total. The van der Waals surface area contributed by atoms with E-state index < -0.39 is 10.0 Å². The van der Waals surface area contributed by atoms with Crippen molar-refractivity contribution in [2.24, 2.45) is 0 Å². The molecule has 2 aromatic carbocycles. The summed E-state index contributed by atoms with van der Waals surface area (Å²) < 4.78 is 31.7. The molecule has 0 aromatic heterocycles. The average molecular weight is 362 g/mol. The Balaban J connectivity index is 1.78. The van der Waals surface area contributed by atoms with E-state index in [-0.39, 0.29) is 23.8 Å². The number of hydrogen-bond acceptors (Lipinski definition) is 4. The molecule has 0 aliphatic rings.